The van der Waals surface area contributed by atoms with E-state index in [9.17, 15) is 9.18 Å². The van der Waals surface area contributed by atoms with Crippen molar-refractivity contribution in [1.82, 2.24) is 19.7 Å². The number of rotatable bonds is 5. The van der Waals surface area contributed by atoms with Crippen LogP contribution in [-0.4, -0.2) is 19.7 Å². The number of para-hydroxylation sites is 1. The van der Waals surface area contributed by atoms with Gasteiger partial charge in [-0.15, -0.1) is 0 Å². The average Bonchev–Trinajstić information content (AvgIpc) is 3.16. The zero-order valence-electron chi connectivity index (χ0n) is 14.4. The summed E-state index contributed by atoms with van der Waals surface area (Å²) in [5.41, 5.74) is 1.26. The van der Waals surface area contributed by atoms with E-state index in [0.29, 0.717) is 45.6 Å². The van der Waals surface area contributed by atoms with E-state index in [1.54, 1.807) is 22.8 Å². The van der Waals surface area contributed by atoms with Crippen molar-refractivity contribution in [3.05, 3.63) is 70.6 Å². The first-order valence-corrected chi connectivity index (χ1v) is 9.35. The third-order valence-corrected chi connectivity index (χ3v) is 5.00. The van der Waals surface area contributed by atoms with Gasteiger partial charge in [-0.2, -0.15) is 4.98 Å². The van der Waals surface area contributed by atoms with Crippen molar-refractivity contribution in [3.8, 4) is 11.4 Å². The van der Waals surface area contributed by atoms with Gasteiger partial charge in [-0.3, -0.25) is 9.36 Å². The fraction of sp³-hybridized carbons (Fsp3) is 0.158. The normalized spacial score (nSPS) is 11.2. The highest BCUT2D eigenvalue weighted by Gasteiger charge is 2.13. The molecule has 27 heavy (non-hydrogen) atoms. The minimum atomic E-state index is -0.321. The third-order valence-electron chi connectivity index (χ3n) is 4.04. The highest BCUT2D eigenvalue weighted by molar-refractivity contribution is 7.98. The number of nitrogens with zero attached hydrogens (tertiary/aromatic N) is 4. The maximum Gasteiger partial charge on any atom is 0.262 e. The molecule has 0 aliphatic rings. The summed E-state index contributed by atoms with van der Waals surface area (Å²) in [6, 6.07) is 13.2. The van der Waals surface area contributed by atoms with Gasteiger partial charge in [0.25, 0.3) is 5.56 Å². The molecule has 4 aromatic rings. The molecule has 8 heteroatoms. The molecule has 2 aromatic carbocycles. The lowest BCUT2D eigenvalue weighted by Gasteiger charge is -2.10. The summed E-state index contributed by atoms with van der Waals surface area (Å²) in [7, 11) is 0. The summed E-state index contributed by atoms with van der Waals surface area (Å²) in [6.45, 7) is 2.42. The summed E-state index contributed by atoms with van der Waals surface area (Å²) in [5, 5.41) is 5.12. The first-order valence-electron chi connectivity index (χ1n) is 8.36. The van der Waals surface area contributed by atoms with Crippen LogP contribution >= 0.6 is 11.8 Å². The maximum atomic E-state index is 13.0. The molecular formula is C19H15FN4O2S. The van der Waals surface area contributed by atoms with Crippen molar-refractivity contribution in [2.24, 2.45) is 0 Å². The van der Waals surface area contributed by atoms with Crippen LogP contribution < -0.4 is 5.56 Å². The Morgan fingerprint density at radius 2 is 1.89 bits per heavy atom. The lowest BCUT2D eigenvalue weighted by atomic mass is 10.2. The van der Waals surface area contributed by atoms with Gasteiger partial charge in [0.1, 0.15) is 5.82 Å². The van der Waals surface area contributed by atoms with Gasteiger partial charge >= 0.3 is 0 Å². The van der Waals surface area contributed by atoms with Gasteiger partial charge in [-0.25, -0.2) is 9.37 Å². The van der Waals surface area contributed by atoms with E-state index in [-0.39, 0.29) is 11.4 Å². The molecule has 0 atom stereocenters. The van der Waals surface area contributed by atoms with Crippen LogP contribution in [0.1, 0.15) is 12.8 Å². The summed E-state index contributed by atoms with van der Waals surface area (Å²) >= 11 is 1.36. The second-order valence-corrected chi connectivity index (χ2v) is 6.71. The zero-order valence-corrected chi connectivity index (χ0v) is 15.2. The fourth-order valence-electron chi connectivity index (χ4n) is 2.69. The van der Waals surface area contributed by atoms with E-state index in [2.05, 4.69) is 15.1 Å². The van der Waals surface area contributed by atoms with E-state index < -0.39 is 0 Å². The van der Waals surface area contributed by atoms with Gasteiger partial charge in [0.2, 0.25) is 11.7 Å². The highest BCUT2D eigenvalue weighted by Crippen LogP contribution is 2.23. The molecule has 0 bridgehead atoms. The highest BCUT2D eigenvalue weighted by atomic mass is 32.2. The molecule has 2 aromatic heterocycles. The lowest BCUT2D eigenvalue weighted by molar-refractivity contribution is 0.391. The van der Waals surface area contributed by atoms with Crippen molar-refractivity contribution in [3.63, 3.8) is 0 Å². The second kappa shape index (κ2) is 7.32. The first-order chi connectivity index (χ1) is 13.2. The van der Waals surface area contributed by atoms with Crippen LogP contribution in [0.3, 0.4) is 0 Å². The predicted octanol–water partition coefficient (Wildman–Crippen LogP) is 3.90. The van der Waals surface area contributed by atoms with Crippen LogP contribution in [-0.2, 0) is 12.3 Å². The van der Waals surface area contributed by atoms with E-state index >= 15 is 0 Å². The van der Waals surface area contributed by atoms with Crippen LogP contribution in [0, 0.1) is 5.82 Å². The van der Waals surface area contributed by atoms with Crippen molar-refractivity contribution < 1.29 is 8.91 Å². The SMILES string of the molecule is CCn1c(SCc2nc(-c3ccc(F)cc3)no2)nc2ccccc2c1=O. The lowest BCUT2D eigenvalue weighted by Crippen LogP contribution is -2.22. The molecule has 136 valence electrons. The molecule has 0 aliphatic heterocycles. The van der Waals surface area contributed by atoms with Gasteiger partial charge < -0.3 is 4.52 Å². The second-order valence-electron chi connectivity index (χ2n) is 5.77. The van der Waals surface area contributed by atoms with Gasteiger partial charge in [0.15, 0.2) is 5.16 Å². The first kappa shape index (κ1) is 17.4. The molecule has 0 spiro atoms. The maximum absolute atomic E-state index is 13.0. The largest absolute Gasteiger partial charge is 0.338 e. The van der Waals surface area contributed by atoms with Crippen molar-refractivity contribution in [2.45, 2.75) is 24.4 Å². The Kier molecular flexibility index (Phi) is 4.72. The zero-order chi connectivity index (χ0) is 18.8. The Morgan fingerprint density at radius 3 is 2.67 bits per heavy atom. The van der Waals surface area contributed by atoms with E-state index in [4.69, 9.17) is 4.52 Å². The van der Waals surface area contributed by atoms with Crippen molar-refractivity contribution in [2.75, 3.05) is 0 Å². The Balaban J connectivity index is 1.59. The number of hydrogen-bond donors (Lipinski definition) is 0. The minimum Gasteiger partial charge on any atom is -0.338 e. The standard InChI is InChI=1S/C19H15FN4O2S/c1-2-24-18(25)14-5-3-4-6-15(14)21-19(24)27-11-16-22-17(23-26-16)12-7-9-13(20)10-8-12/h3-10H,2,11H2,1H3. The number of benzene rings is 2. The number of fused-ring (bicyclic) bond motifs is 1. The van der Waals surface area contributed by atoms with Crippen LogP contribution in [0.4, 0.5) is 4.39 Å². The molecule has 0 saturated heterocycles. The average molecular weight is 382 g/mol. The minimum absolute atomic E-state index is 0.0665. The molecule has 0 saturated carbocycles. The molecule has 6 nitrogen and oxygen atoms in total. The molecule has 2 heterocycles. The van der Waals surface area contributed by atoms with E-state index in [0.717, 1.165) is 0 Å². The number of halogens is 1. The molecule has 0 aliphatic carbocycles. The van der Waals surface area contributed by atoms with E-state index in [1.165, 1.54) is 23.9 Å². The van der Waals surface area contributed by atoms with Crippen LogP contribution in [0.25, 0.3) is 22.3 Å². The Hall–Kier alpha value is -3.00. The number of thioether (sulfide) groups is 1. The Labute approximate surface area is 158 Å². The molecule has 0 amide bonds. The predicted molar refractivity (Wildman–Crippen MR) is 101 cm³/mol. The smallest absolute Gasteiger partial charge is 0.262 e. The molecule has 0 fully saturated rings. The van der Waals surface area contributed by atoms with Crippen LogP contribution in [0.2, 0.25) is 0 Å². The monoisotopic (exact) mass is 382 g/mol. The van der Waals surface area contributed by atoms with Gasteiger partial charge in [0, 0.05) is 12.1 Å². The molecule has 0 N–H and O–H groups in total. The number of aromatic nitrogens is 4. The van der Waals surface area contributed by atoms with Crippen molar-refractivity contribution >= 4 is 22.7 Å². The number of hydrogen-bond acceptors (Lipinski definition) is 6. The van der Waals surface area contributed by atoms with Crippen LogP contribution in [0.5, 0.6) is 0 Å². The summed E-state index contributed by atoms with van der Waals surface area (Å²) < 4.78 is 19.9. The third kappa shape index (κ3) is 3.48. The van der Waals surface area contributed by atoms with Gasteiger partial charge in [-0.05, 0) is 43.3 Å². The molecular weight excluding hydrogens is 367 g/mol. The Bertz CT molecular complexity index is 1150. The quantitative estimate of drug-likeness (QED) is 0.385. The van der Waals surface area contributed by atoms with Crippen molar-refractivity contribution in [1.29, 1.82) is 0 Å². The summed E-state index contributed by atoms with van der Waals surface area (Å²) in [4.78, 5) is 21.6. The van der Waals surface area contributed by atoms with Gasteiger partial charge in [0.05, 0.1) is 16.7 Å². The molecule has 0 radical (unpaired) electrons. The Morgan fingerprint density at radius 1 is 1.11 bits per heavy atom. The topological polar surface area (TPSA) is 73.8 Å². The summed E-state index contributed by atoms with van der Waals surface area (Å²) in [6.07, 6.45) is 0. The molecule has 0 unspecified atom stereocenters. The van der Waals surface area contributed by atoms with E-state index in [1.807, 2.05) is 25.1 Å². The van der Waals surface area contributed by atoms with Crippen LogP contribution in [0.15, 0.2) is 63.0 Å². The van der Waals surface area contributed by atoms with Gasteiger partial charge in [-0.1, -0.05) is 29.1 Å². The summed E-state index contributed by atoms with van der Waals surface area (Å²) in [5.74, 6) is 0.853. The molecule has 4 rings (SSSR count). The fourth-order valence-corrected chi connectivity index (χ4v) is 3.59.